The number of anilines is 1. The van der Waals surface area contributed by atoms with Crippen LogP contribution in [0.25, 0.3) is 0 Å². The smallest absolute Gasteiger partial charge is 0.250 e. The maximum absolute atomic E-state index is 11.3. The van der Waals surface area contributed by atoms with E-state index in [2.05, 4.69) is 5.32 Å². The maximum atomic E-state index is 11.3. The van der Waals surface area contributed by atoms with E-state index in [1.165, 1.54) is 51.4 Å². The van der Waals surface area contributed by atoms with Crippen molar-refractivity contribution in [1.82, 2.24) is 0 Å². The molecule has 1 amide bonds. The van der Waals surface area contributed by atoms with Crippen LogP contribution in [0.15, 0.2) is 18.2 Å². The van der Waals surface area contributed by atoms with Gasteiger partial charge in [0.05, 0.1) is 10.6 Å². The van der Waals surface area contributed by atoms with Gasteiger partial charge in [0.1, 0.15) is 0 Å². The van der Waals surface area contributed by atoms with Gasteiger partial charge in [0.25, 0.3) is 0 Å². The van der Waals surface area contributed by atoms with Gasteiger partial charge in [-0.25, -0.2) is 0 Å². The SMILES string of the molecule is NC(=O)c1cc(NC2CCC3(CCCC3)CC2)ccc1Cl. The lowest BCUT2D eigenvalue weighted by Gasteiger charge is -2.38. The van der Waals surface area contributed by atoms with Crippen molar-refractivity contribution in [3.8, 4) is 0 Å². The van der Waals surface area contributed by atoms with Crippen molar-refractivity contribution in [2.24, 2.45) is 11.1 Å². The molecule has 2 aliphatic carbocycles. The number of rotatable bonds is 3. The molecule has 2 fully saturated rings. The number of nitrogens with one attached hydrogen (secondary N) is 1. The number of amides is 1. The highest BCUT2D eigenvalue weighted by Gasteiger charge is 2.37. The van der Waals surface area contributed by atoms with Gasteiger partial charge in [-0.2, -0.15) is 0 Å². The normalized spacial score (nSPS) is 21.6. The summed E-state index contributed by atoms with van der Waals surface area (Å²) >= 11 is 5.99. The Bertz CT molecular complexity index is 528. The van der Waals surface area contributed by atoms with E-state index in [4.69, 9.17) is 17.3 Å². The zero-order valence-corrected chi connectivity index (χ0v) is 13.1. The molecule has 0 radical (unpaired) electrons. The van der Waals surface area contributed by atoms with Crippen molar-refractivity contribution < 1.29 is 4.79 Å². The standard InChI is InChI=1S/C17H23ClN2O/c18-15-4-3-13(11-14(15)16(19)21)20-12-5-9-17(10-6-12)7-1-2-8-17/h3-4,11-12,20H,1-2,5-10H2,(H2,19,21). The minimum absolute atomic E-state index is 0.393. The Morgan fingerprint density at radius 2 is 1.86 bits per heavy atom. The van der Waals surface area contributed by atoms with Gasteiger partial charge >= 0.3 is 0 Å². The van der Waals surface area contributed by atoms with Gasteiger partial charge < -0.3 is 11.1 Å². The summed E-state index contributed by atoms with van der Waals surface area (Å²) in [5, 5.41) is 3.96. The Balaban J connectivity index is 1.63. The molecule has 0 bridgehead atoms. The Kier molecular flexibility index (Phi) is 4.12. The second-order valence-electron chi connectivity index (χ2n) is 6.68. The van der Waals surface area contributed by atoms with Crippen molar-refractivity contribution >= 4 is 23.2 Å². The van der Waals surface area contributed by atoms with E-state index >= 15 is 0 Å². The molecule has 3 nitrogen and oxygen atoms in total. The number of carbonyl (C=O) groups is 1. The maximum Gasteiger partial charge on any atom is 0.250 e. The number of halogens is 1. The molecule has 0 unspecified atom stereocenters. The van der Waals surface area contributed by atoms with Crippen LogP contribution in [0.1, 0.15) is 61.7 Å². The second kappa shape index (κ2) is 5.88. The molecule has 3 N–H and O–H groups in total. The molecule has 0 aliphatic heterocycles. The van der Waals surface area contributed by atoms with Gasteiger partial charge in [-0.05, 0) is 62.1 Å². The van der Waals surface area contributed by atoms with Crippen LogP contribution in [0.3, 0.4) is 0 Å². The highest BCUT2D eigenvalue weighted by molar-refractivity contribution is 6.33. The lowest BCUT2D eigenvalue weighted by Crippen LogP contribution is -2.31. The van der Waals surface area contributed by atoms with Crippen molar-refractivity contribution in [3.05, 3.63) is 28.8 Å². The summed E-state index contributed by atoms with van der Waals surface area (Å²) in [5.74, 6) is -0.475. The number of primary amides is 1. The van der Waals surface area contributed by atoms with Crippen LogP contribution in [-0.2, 0) is 0 Å². The largest absolute Gasteiger partial charge is 0.382 e. The van der Waals surface area contributed by atoms with E-state index in [1.54, 1.807) is 12.1 Å². The van der Waals surface area contributed by atoms with Gasteiger partial charge in [-0.1, -0.05) is 24.4 Å². The molecule has 0 saturated heterocycles. The Labute approximate surface area is 131 Å². The van der Waals surface area contributed by atoms with Gasteiger partial charge in [-0.15, -0.1) is 0 Å². The average molecular weight is 307 g/mol. The first kappa shape index (κ1) is 14.7. The molecule has 0 atom stereocenters. The van der Waals surface area contributed by atoms with Gasteiger partial charge in [0.15, 0.2) is 0 Å². The van der Waals surface area contributed by atoms with Crippen LogP contribution in [0.4, 0.5) is 5.69 Å². The number of carbonyl (C=O) groups excluding carboxylic acids is 1. The van der Waals surface area contributed by atoms with Gasteiger partial charge in [0, 0.05) is 11.7 Å². The van der Waals surface area contributed by atoms with Gasteiger partial charge in [-0.3, -0.25) is 4.79 Å². The lowest BCUT2D eigenvalue weighted by molar-refractivity contribution is 0.100. The van der Waals surface area contributed by atoms with E-state index in [0.29, 0.717) is 22.0 Å². The van der Waals surface area contributed by atoms with Crippen molar-refractivity contribution in [3.63, 3.8) is 0 Å². The fourth-order valence-electron chi connectivity index (χ4n) is 4.04. The molecule has 2 aliphatic rings. The molecule has 0 heterocycles. The topological polar surface area (TPSA) is 55.1 Å². The van der Waals surface area contributed by atoms with Crippen molar-refractivity contribution in [2.75, 3.05) is 5.32 Å². The predicted octanol–water partition coefficient (Wildman–Crippen LogP) is 4.35. The first-order chi connectivity index (χ1) is 10.1. The van der Waals surface area contributed by atoms with Crippen molar-refractivity contribution in [1.29, 1.82) is 0 Å². The highest BCUT2D eigenvalue weighted by Crippen LogP contribution is 2.49. The van der Waals surface area contributed by atoms with E-state index in [0.717, 1.165) is 5.69 Å². The first-order valence-corrected chi connectivity index (χ1v) is 8.32. The molecular formula is C17H23ClN2O. The summed E-state index contributed by atoms with van der Waals surface area (Å²) < 4.78 is 0. The summed E-state index contributed by atoms with van der Waals surface area (Å²) in [6, 6.07) is 5.93. The lowest BCUT2D eigenvalue weighted by atomic mass is 9.71. The van der Waals surface area contributed by atoms with E-state index in [9.17, 15) is 4.79 Å². The van der Waals surface area contributed by atoms with E-state index in [1.807, 2.05) is 6.07 Å². The van der Waals surface area contributed by atoms with Crippen LogP contribution in [-0.4, -0.2) is 11.9 Å². The zero-order chi connectivity index (χ0) is 14.9. The third kappa shape index (κ3) is 3.18. The predicted molar refractivity (Wildman–Crippen MR) is 86.7 cm³/mol. The van der Waals surface area contributed by atoms with Crippen LogP contribution >= 0.6 is 11.6 Å². The monoisotopic (exact) mass is 306 g/mol. The molecule has 0 aromatic heterocycles. The summed E-state index contributed by atoms with van der Waals surface area (Å²) in [4.78, 5) is 11.3. The fraction of sp³-hybridized carbons (Fsp3) is 0.588. The van der Waals surface area contributed by atoms with E-state index < -0.39 is 5.91 Å². The van der Waals surface area contributed by atoms with Crippen molar-refractivity contribution in [2.45, 2.75) is 57.4 Å². The molecule has 21 heavy (non-hydrogen) atoms. The first-order valence-electron chi connectivity index (χ1n) is 7.94. The molecule has 1 aromatic rings. The van der Waals surface area contributed by atoms with E-state index in [-0.39, 0.29) is 0 Å². The fourth-order valence-corrected chi connectivity index (χ4v) is 4.25. The number of hydrogen-bond donors (Lipinski definition) is 2. The second-order valence-corrected chi connectivity index (χ2v) is 7.09. The summed E-state index contributed by atoms with van der Waals surface area (Å²) in [5.41, 5.74) is 7.33. The third-order valence-corrected chi connectivity index (χ3v) is 5.64. The molecule has 3 rings (SSSR count). The highest BCUT2D eigenvalue weighted by atomic mass is 35.5. The summed E-state index contributed by atoms with van der Waals surface area (Å²) in [6.45, 7) is 0. The van der Waals surface area contributed by atoms with Crippen LogP contribution in [0.2, 0.25) is 5.02 Å². The number of benzene rings is 1. The van der Waals surface area contributed by atoms with Gasteiger partial charge in [0.2, 0.25) is 5.91 Å². The molecule has 2 saturated carbocycles. The quantitative estimate of drug-likeness (QED) is 0.872. The van der Waals surface area contributed by atoms with Crippen LogP contribution < -0.4 is 11.1 Å². The molecule has 4 heteroatoms. The molecule has 1 spiro atoms. The third-order valence-electron chi connectivity index (χ3n) is 5.31. The summed E-state index contributed by atoms with van der Waals surface area (Å²) in [6.07, 6.45) is 10.8. The zero-order valence-electron chi connectivity index (χ0n) is 12.3. The minimum Gasteiger partial charge on any atom is -0.382 e. The summed E-state index contributed by atoms with van der Waals surface area (Å²) in [7, 11) is 0. The van der Waals surface area contributed by atoms with Crippen LogP contribution in [0, 0.1) is 5.41 Å². The Morgan fingerprint density at radius 1 is 1.19 bits per heavy atom. The number of hydrogen-bond acceptors (Lipinski definition) is 2. The minimum atomic E-state index is -0.475. The molecule has 114 valence electrons. The van der Waals surface area contributed by atoms with Crippen LogP contribution in [0.5, 0.6) is 0 Å². The average Bonchev–Trinajstić information content (AvgIpc) is 2.92. The number of nitrogens with two attached hydrogens (primary N) is 1. The molecular weight excluding hydrogens is 284 g/mol. The Morgan fingerprint density at radius 3 is 2.48 bits per heavy atom. The molecule has 1 aromatic carbocycles. The Hall–Kier alpha value is -1.22.